The van der Waals surface area contributed by atoms with Crippen LogP contribution in [0.2, 0.25) is 0 Å². The second-order valence-corrected chi connectivity index (χ2v) is 5.17. The third kappa shape index (κ3) is 4.78. The van der Waals surface area contributed by atoms with Crippen molar-refractivity contribution >= 4 is 23.4 Å². The Morgan fingerprint density at radius 2 is 1.52 bits per heavy atom. The quantitative estimate of drug-likeness (QED) is 0.657. The summed E-state index contributed by atoms with van der Waals surface area (Å²) in [7, 11) is 0. The van der Waals surface area contributed by atoms with E-state index in [1.165, 1.54) is 48.5 Å². The lowest BCUT2D eigenvalue weighted by molar-refractivity contribution is -0.0328. The molecule has 0 heterocycles. The summed E-state index contributed by atoms with van der Waals surface area (Å²) < 4.78 is 49.2. The number of alkyl halides is 3. The molecular formula is C14H9F4NOS. The van der Waals surface area contributed by atoms with Crippen molar-refractivity contribution in [1.82, 2.24) is 0 Å². The van der Waals surface area contributed by atoms with Crippen molar-refractivity contribution in [2.45, 2.75) is 10.4 Å². The van der Waals surface area contributed by atoms with Gasteiger partial charge in [0.05, 0.1) is 0 Å². The highest BCUT2D eigenvalue weighted by Gasteiger charge is 2.29. The number of thioether (sulfide) groups is 1. The van der Waals surface area contributed by atoms with E-state index in [9.17, 15) is 22.4 Å². The molecule has 0 saturated carbocycles. The number of hydrogen-bond acceptors (Lipinski definition) is 2. The van der Waals surface area contributed by atoms with Crippen LogP contribution in [0.1, 0.15) is 10.4 Å². The van der Waals surface area contributed by atoms with Gasteiger partial charge in [0, 0.05) is 16.1 Å². The zero-order valence-electron chi connectivity index (χ0n) is 10.4. The number of benzene rings is 2. The number of carbonyl (C=O) groups excluding carboxylic acids is 1. The molecule has 1 amide bonds. The van der Waals surface area contributed by atoms with Gasteiger partial charge in [0.25, 0.3) is 5.91 Å². The summed E-state index contributed by atoms with van der Waals surface area (Å²) in [5.41, 5.74) is -3.75. The predicted octanol–water partition coefficient (Wildman–Crippen LogP) is 4.69. The molecule has 0 unspecified atom stereocenters. The summed E-state index contributed by atoms with van der Waals surface area (Å²) in [6.45, 7) is 0. The highest BCUT2D eigenvalue weighted by Crippen LogP contribution is 2.36. The topological polar surface area (TPSA) is 29.1 Å². The number of halogens is 4. The van der Waals surface area contributed by atoms with Crippen LogP contribution in [0.4, 0.5) is 23.2 Å². The van der Waals surface area contributed by atoms with Crippen LogP contribution >= 0.6 is 11.8 Å². The molecule has 110 valence electrons. The van der Waals surface area contributed by atoms with Crippen LogP contribution in [-0.4, -0.2) is 11.4 Å². The third-order valence-electron chi connectivity index (χ3n) is 2.45. The van der Waals surface area contributed by atoms with Crippen LogP contribution < -0.4 is 5.32 Å². The summed E-state index contributed by atoms with van der Waals surface area (Å²) >= 11 is -0.247. The number of anilines is 1. The largest absolute Gasteiger partial charge is 0.446 e. The van der Waals surface area contributed by atoms with E-state index in [2.05, 4.69) is 5.32 Å². The molecule has 2 rings (SSSR count). The molecule has 0 aliphatic carbocycles. The molecule has 7 heteroatoms. The van der Waals surface area contributed by atoms with Gasteiger partial charge in [0.15, 0.2) is 0 Å². The number of carbonyl (C=O) groups is 1. The molecular weight excluding hydrogens is 306 g/mol. The Kier molecular flexibility index (Phi) is 4.52. The van der Waals surface area contributed by atoms with Gasteiger partial charge in [-0.3, -0.25) is 4.79 Å². The van der Waals surface area contributed by atoms with Crippen molar-refractivity contribution in [3.8, 4) is 0 Å². The molecule has 0 aliphatic heterocycles. The first kappa shape index (κ1) is 15.4. The van der Waals surface area contributed by atoms with Crippen LogP contribution in [0, 0.1) is 5.82 Å². The fourth-order valence-electron chi connectivity index (χ4n) is 1.54. The second kappa shape index (κ2) is 6.17. The van der Waals surface area contributed by atoms with Gasteiger partial charge in [-0.2, -0.15) is 13.2 Å². The van der Waals surface area contributed by atoms with E-state index >= 15 is 0 Å². The lowest BCUT2D eigenvalue weighted by atomic mass is 10.2. The summed E-state index contributed by atoms with van der Waals surface area (Å²) in [5.74, 6) is -0.910. The molecule has 0 aromatic heterocycles. The van der Waals surface area contributed by atoms with E-state index in [-0.39, 0.29) is 22.2 Å². The SMILES string of the molecule is O=C(Nc1ccc(F)cc1)c1ccc(SC(F)(F)F)cc1. The van der Waals surface area contributed by atoms with Crippen LogP contribution in [0.5, 0.6) is 0 Å². The molecule has 0 atom stereocenters. The number of hydrogen-bond donors (Lipinski definition) is 1. The van der Waals surface area contributed by atoms with Gasteiger partial charge in [0.2, 0.25) is 0 Å². The number of rotatable bonds is 3. The minimum Gasteiger partial charge on any atom is -0.322 e. The third-order valence-corrected chi connectivity index (χ3v) is 3.19. The van der Waals surface area contributed by atoms with Gasteiger partial charge in [-0.25, -0.2) is 4.39 Å². The smallest absolute Gasteiger partial charge is 0.322 e. The molecule has 0 spiro atoms. The predicted molar refractivity (Wildman–Crippen MR) is 72.7 cm³/mol. The molecule has 0 fully saturated rings. The fourth-order valence-corrected chi connectivity index (χ4v) is 2.08. The molecule has 0 bridgehead atoms. The Balaban J connectivity index is 2.04. The average Bonchev–Trinajstić information content (AvgIpc) is 2.40. The minimum atomic E-state index is -4.36. The van der Waals surface area contributed by atoms with E-state index in [4.69, 9.17) is 0 Å². The van der Waals surface area contributed by atoms with Crippen molar-refractivity contribution in [3.05, 3.63) is 59.9 Å². The Labute approximate surface area is 122 Å². The zero-order chi connectivity index (χ0) is 15.5. The van der Waals surface area contributed by atoms with E-state index < -0.39 is 17.2 Å². The maximum Gasteiger partial charge on any atom is 0.446 e. The van der Waals surface area contributed by atoms with Gasteiger partial charge >= 0.3 is 5.51 Å². The first-order chi connectivity index (χ1) is 9.83. The van der Waals surface area contributed by atoms with Gasteiger partial charge < -0.3 is 5.32 Å². The van der Waals surface area contributed by atoms with E-state index in [1.54, 1.807) is 0 Å². The first-order valence-corrected chi connectivity index (χ1v) is 6.58. The van der Waals surface area contributed by atoms with Gasteiger partial charge in [-0.15, -0.1) is 0 Å². The monoisotopic (exact) mass is 315 g/mol. The maximum absolute atomic E-state index is 12.7. The molecule has 0 radical (unpaired) electrons. The molecule has 1 N–H and O–H groups in total. The van der Waals surface area contributed by atoms with Crippen LogP contribution in [0.15, 0.2) is 53.4 Å². The Morgan fingerprint density at radius 1 is 0.952 bits per heavy atom. The molecule has 2 aromatic carbocycles. The Morgan fingerprint density at radius 3 is 2.05 bits per heavy atom. The van der Waals surface area contributed by atoms with Crippen molar-refractivity contribution in [1.29, 1.82) is 0 Å². The van der Waals surface area contributed by atoms with Crippen LogP contribution in [0.25, 0.3) is 0 Å². The van der Waals surface area contributed by atoms with Gasteiger partial charge in [-0.1, -0.05) is 0 Å². The summed E-state index contributed by atoms with van der Waals surface area (Å²) in [6, 6.07) is 10.2. The Bertz CT molecular complexity index is 623. The standard InChI is InChI=1S/C14H9F4NOS/c15-10-3-5-11(6-4-10)19-13(20)9-1-7-12(8-2-9)21-14(16,17)18/h1-8H,(H,19,20). The highest BCUT2D eigenvalue weighted by atomic mass is 32.2. The van der Waals surface area contributed by atoms with Crippen molar-refractivity contribution < 1.29 is 22.4 Å². The summed E-state index contributed by atoms with van der Waals surface area (Å²) in [6.07, 6.45) is 0. The first-order valence-electron chi connectivity index (χ1n) is 5.76. The van der Waals surface area contributed by atoms with E-state index in [1.807, 2.05) is 0 Å². The summed E-state index contributed by atoms with van der Waals surface area (Å²) in [4.78, 5) is 11.9. The normalized spacial score (nSPS) is 11.2. The van der Waals surface area contributed by atoms with E-state index in [0.717, 1.165) is 0 Å². The lowest BCUT2D eigenvalue weighted by Gasteiger charge is -2.07. The van der Waals surface area contributed by atoms with Crippen molar-refractivity contribution in [2.75, 3.05) is 5.32 Å². The van der Waals surface area contributed by atoms with Crippen molar-refractivity contribution in [2.24, 2.45) is 0 Å². The van der Waals surface area contributed by atoms with Gasteiger partial charge in [0.1, 0.15) is 5.82 Å². The maximum atomic E-state index is 12.7. The number of nitrogens with one attached hydrogen (secondary N) is 1. The molecule has 0 aliphatic rings. The van der Waals surface area contributed by atoms with Crippen LogP contribution in [-0.2, 0) is 0 Å². The van der Waals surface area contributed by atoms with Crippen molar-refractivity contribution in [3.63, 3.8) is 0 Å². The Hall–Kier alpha value is -2.02. The summed E-state index contributed by atoms with van der Waals surface area (Å²) in [5, 5.41) is 2.52. The van der Waals surface area contributed by atoms with E-state index in [0.29, 0.717) is 5.69 Å². The lowest BCUT2D eigenvalue weighted by Crippen LogP contribution is -2.11. The fraction of sp³-hybridized carbons (Fsp3) is 0.0714. The minimum absolute atomic E-state index is 0.000771. The number of amides is 1. The zero-order valence-corrected chi connectivity index (χ0v) is 11.3. The molecule has 0 saturated heterocycles. The second-order valence-electron chi connectivity index (χ2n) is 4.03. The van der Waals surface area contributed by atoms with Crippen LogP contribution in [0.3, 0.4) is 0 Å². The highest BCUT2D eigenvalue weighted by molar-refractivity contribution is 8.00. The molecule has 2 aromatic rings. The average molecular weight is 315 g/mol. The molecule has 2 nitrogen and oxygen atoms in total. The van der Waals surface area contributed by atoms with Gasteiger partial charge in [-0.05, 0) is 60.3 Å². The molecule has 21 heavy (non-hydrogen) atoms.